The summed E-state index contributed by atoms with van der Waals surface area (Å²) in [6, 6.07) is 6.13. The van der Waals surface area contributed by atoms with Crippen molar-refractivity contribution in [2.24, 2.45) is 0 Å². The molecule has 2 aliphatic heterocycles. The Bertz CT molecular complexity index is 727. The number of likely N-dealkylation sites (tertiary alicyclic amines) is 1. The van der Waals surface area contributed by atoms with Crippen LogP contribution < -0.4 is 0 Å². The molecule has 0 bridgehead atoms. The van der Waals surface area contributed by atoms with Gasteiger partial charge < -0.3 is 9.64 Å². The van der Waals surface area contributed by atoms with Gasteiger partial charge in [0, 0.05) is 51.3 Å². The van der Waals surface area contributed by atoms with Gasteiger partial charge in [0.05, 0.1) is 18.3 Å². The molecule has 1 saturated heterocycles. The number of pyridine rings is 1. The Morgan fingerprint density at radius 3 is 2.73 bits per heavy atom. The van der Waals surface area contributed by atoms with E-state index >= 15 is 0 Å². The van der Waals surface area contributed by atoms with E-state index in [0.29, 0.717) is 6.54 Å². The number of fused-ring (bicyclic) bond motifs is 1. The third kappa shape index (κ3) is 4.11. The molecule has 2 aromatic rings. The molecule has 26 heavy (non-hydrogen) atoms. The predicted octanol–water partition coefficient (Wildman–Crippen LogP) is 1.30. The Balaban J connectivity index is 1.41. The third-order valence-corrected chi connectivity index (χ3v) is 5.09. The van der Waals surface area contributed by atoms with E-state index in [1.165, 1.54) is 11.3 Å². The quantitative estimate of drug-likeness (QED) is 0.809. The molecular formula is C19H25N5O2. The van der Waals surface area contributed by atoms with Crippen molar-refractivity contribution >= 4 is 5.91 Å². The van der Waals surface area contributed by atoms with Gasteiger partial charge in [0.2, 0.25) is 5.91 Å². The number of amides is 1. The fraction of sp³-hybridized carbons (Fsp3) is 0.526. The first-order valence-electron chi connectivity index (χ1n) is 9.29. The molecule has 4 heterocycles. The summed E-state index contributed by atoms with van der Waals surface area (Å²) in [4.78, 5) is 20.6. The molecule has 0 spiro atoms. The van der Waals surface area contributed by atoms with Gasteiger partial charge in [-0.2, -0.15) is 5.10 Å². The number of nitrogens with zero attached hydrogens (tertiary/aromatic N) is 5. The molecule has 0 aromatic carbocycles. The van der Waals surface area contributed by atoms with Crippen molar-refractivity contribution in [3.63, 3.8) is 0 Å². The summed E-state index contributed by atoms with van der Waals surface area (Å²) in [7, 11) is 0. The minimum Gasteiger partial charge on any atom is -0.365 e. The molecule has 0 radical (unpaired) electrons. The first kappa shape index (κ1) is 17.2. The van der Waals surface area contributed by atoms with Crippen molar-refractivity contribution < 1.29 is 9.53 Å². The van der Waals surface area contributed by atoms with Gasteiger partial charge in [-0.25, -0.2) is 0 Å². The zero-order valence-electron chi connectivity index (χ0n) is 15.0. The van der Waals surface area contributed by atoms with E-state index < -0.39 is 0 Å². The van der Waals surface area contributed by atoms with Crippen molar-refractivity contribution in [3.05, 3.63) is 48.0 Å². The molecule has 0 unspecified atom stereocenters. The Hall–Kier alpha value is -2.25. The molecule has 2 aliphatic rings. The Morgan fingerprint density at radius 1 is 1.12 bits per heavy atom. The van der Waals surface area contributed by atoms with Crippen LogP contribution in [0.4, 0.5) is 0 Å². The van der Waals surface area contributed by atoms with Gasteiger partial charge in [-0.15, -0.1) is 0 Å². The summed E-state index contributed by atoms with van der Waals surface area (Å²) in [6.07, 6.45) is 7.62. The molecule has 138 valence electrons. The van der Waals surface area contributed by atoms with Crippen LogP contribution in [-0.2, 0) is 29.2 Å². The highest BCUT2D eigenvalue weighted by atomic mass is 16.5. The summed E-state index contributed by atoms with van der Waals surface area (Å²) in [5.41, 5.74) is 2.40. The van der Waals surface area contributed by atoms with Gasteiger partial charge in [0.15, 0.2) is 0 Å². The van der Waals surface area contributed by atoms with E-state index in [1.54, 1.807) is 0 Å². The van der Waals surface area contributed by atoms with E-state index in [0.717, 1.165) is 45.6 Å². The van der Waals surface area contributed by atoms with Gasteiger partial charge >= 0.3 is 0 Å². The van der Waals surface area contributed by atoms with E-state index in [1.807, 2.05) is 40.3 Å². The topological polar surface area (TPSA) is 63.5 Å². The van der Waals surface area contributed by atoms with Crippen LogP contribution in [0.25, 0.3) is 0 Å². The van der Waals surface area contributed by atoms with Gasteiger partial charge in [-0.05, 0) is 36.6 Å². The van der Waals surface area contributed by atoms with Gasteiger partial charge in [0.25, 0.3) is 0 Å². The van der Waals surface area contributed by atoms with Crippen LogP contribution in [0.2, 0.25) is 0 Å². The van der Waals surface area contributed by atoms with Crippen molar-refractivity contribution in [1.82, 2.24) is 24.6 Å². The minimum atomic E-state index is -0.0514. The third-order valence-electron chi connectivity index (χ3n) is 5.09. The fourth-order valence-corrected chi connectivity index (χ4v) is 3.71. The number of rotatable bonds is 5. The maximum atomic E-state index is 12.3. The Morgan fingerprint density at radius 2 is 1.92 bits per heavy atom. The minimum absolute atomic E-state index is 0.0514. The lowest BCUT2D eigenvalue weighted by molar-refractivity contribution is -0.137. The molecule has 2 aromatic heterocycles. The summed E-state index contributed by atoms with van der Waals surface area (Å²) in [6.45, 7) is 5.00. The smallest absolute Gasteiger partial charge is 0.248 e. The summed E-state index contributed by atoms with van der Waals surface area (Å²) < 4.78 is 8.02. The summed E-state index contributed by atoms with van der Waals surface area (Å²) in [5.74, 6) is 0.105. The van der Waals surface area contributed by atoms with Crippen LogP contribution in [-0.4, -0.2) is 62.8 Å². The van der Waals surface area contributed by atoms with E-state index in [9.17, 15) is 4.79 Å². The number of carbonyl (C=O) groups excluding carboxylic acids is 1. The monoisotopic (exact) mass is 355 g/mol. The Kier molecular flexibility index (Phi) is 5.26. The molecule has 0 saturated carbocycles. The van der Waals surface area contributed by atoms with Crippen molar-refractivity contribution in [2.45, 2.75) is 38.6 Å². The van der Waals surface area contributed by atoms with Crippen LogP contribution in [0, 0.1) is 0 Å². The van der Waals surface area contributed by atoms with E-state index in [4.69, 9.17) is 4.74 Å². The number of ether oxygens (including phenoxy) is 1. The average molecular weight is 355 g/mol. The second kappa shape index (κ2) is 7.97. The molecule has 7 heteroatoms. The zero-order valence-corrected chi connectivity index (χ0v) is 15.0. The molecule has 1 amide bonds. The van der Waals surface area contributed by atoms with Crippen LogP contribution >= 0.6 is 0 Å². The highest BCUT2D eigenvalue weighted by Gasteiger charge is 2.25. The maximum absolute atomic E-state index is 12.3. The average Bonchev–Trinajstić information content (AvgIpc) is 3.30. The number of hydrogen-bond donors (Lipinski definition) is 0. The van der Waals surface area contributed by atoms with Crippen molar-refractivity contribution in [2.75, 3.05) is 26.2 Å². The lowest BCUT2D eigenvalue weighted by Crippen LogP contribution is -2.37. The maximum Gasteiger partial charge on any atom is 0.248 e. The number of carbonyl (C=O) groups is 1. The second-order valence-corrected chi connectivity index (χ2v) is 7.05. The molecular weight excluding hydrogens is 330 g/mol. The fourth-order valence-electron chi connectivity index (χ4n) is 3.71. The first-order valence-corrected chi connectivity index (χ1v) is 9.29. The lowest BCUT2D eigenvalue weighted by atomic mass is 10.2. The molecule has 0 aliphatic carbocycles. The number of hydrogen-bond acceptors (Lipinski definition) is 5. The standard InChI is InChI=1S/C19H25N5O2/c25-19(23-9-1-2-10-23)15-26-18-13-22(11-16-3-6-20-7-4-16)12-17-5-8-21-24(17)14-18/h3-8,18H,1-2,9-15H2/t18-/m1/s1. The zero-order chi connectivity index (χ0) is 17.8. The summed E-state index contributed by atoms with van der Waals surface area (Å²) >= 11 is 0. The normalized spacial score (nSPS) is 20.8. The largest absolute Gasteiger partial charge is 0.365 e. The van der Waals surface area contributed by atoms with Crippen LogP contribution in [0.15, 0.2) is 36.8 Å². The van der Waals surface area contributed by atoms with Crippen molar-refractivity contribution in [3.8, 4) is 0 Å². The molecule has 1 fully saturated rings. The molecule has 0 N–H and O–H groups in total. The first-order chi connectivity index (χ1) is 12.8. The second-order valence-electron chi connectivity index (χ2n) is 7.05. The lowest BCUT2D eigenvalue weighted by Gasteiger charge is -2.24. The summed E-state index contributed by atoms with van der Waals surface area (Å²) in [5, 5.41) is 4.42. The van der Waals surface area contributed by atoms with Gasteiger partial charge in [-0.1, -0.05) is 0 Å². The van der Waals surface area contributed by atoms with E-state index in [2.05, 4.69) is 21.0 Å². The molecule has 4 rings (SSSR count). The molecule has 7 nitrogen and oxygen atoms in total. The van der Waals surface area contributed by atoms with E-state index in [-0.39, 0.29) is 18.6 Å². The highest BCUT2D eigenvalue weighted by molar-refractivity contribution is 5.77. The predicted molar refractivity (Wildman–Crippen MR) is 96.1 cm³/mol. The van der Waals surface area contributed by atoms with Crippen LogP contribution in [0.3, 0.4) is 0 Å². The van der Waals surface area contributed by atoms with Crippen LogP contribution in [0.5, 0.6) is 0 Å². The molecule has 1 atom stereocenters. The SMILES string of the molecule is O=C(CO[C@@H]1CN(Cc2ccncc2)Cc2ccnn2C1)N1CCCC1. The number of aromatic nitrogens is 3. The van der Waals surface area contributed by atoms with Crippen LogP contribution in [0.1, 0.15) is 24.1 Å². The highest BCUT2D eigenvalue weighted by Crippen LogP contribution is 2.17. The van der Waals surface area contributed by atoms with Gasteiger partial charge in [-0.3, -0.25) is 19.4 Å². The van der Waals surface area contributed by atoms with Crippen molar-refractivity contribution in [1.29, 1.82) is 0 Å². The van der Waals surface area contributed by atoms with Gasteiger partial charge in [0.1, 0.15) is 6.61 Å². The Labute approximate surface area is 153 Å².